The van der Waals surface area contributed by atoms with Gasteiger partial charge in [-0.1, -0.05) is 30.3 Å². The van der Waals surface area contributed by atoms with E-state index >= 15 is 0 Å². The van der Waals surface area contributed by atoms with E-state index in [0.717, 1.165) is 28.1 Å². The van der Waals surface area contributed by atoms with Crippen LogP contribution in [0.5, 0.6) is 0 Å². The fourth-order valence-corrected chi connectivity index (χ4v) is 4.19. The van der Waals surface area contributed by atoms with Crippen molar-refractivity contribution in [3.63, 3.8) is 0 Å². The summed E-state index contributed by atoms with van der Waals surface area (Å²) in [6, 6.07) is 18.8. The van der Waals surface area contributed by atoms with E-state index in [-0.39, 0.29) is 17.5 Å². The molecule has 35 heavy (non-hydrogen) atoms. The summed E-state index contributed by atoms with van der Waals surface area (Å²) in [5, 5.41) is 3.92. The van der Waals surface area contributed by atoms with Crippen molar-refractivity contribution >= 4 is 22.7 Å². The van der Waals surface area contributed by atoms with Crippen LogP contribution >= 0.6 is 0 Å². The van der Waals surface area contributed by atoms with E-state index in [1.807, 2.05) is 81.4 Å². The van der Waals surface area contributed by atoms with E-state index < -0.39 is 0 Å². The number of nitrogens with zero attached hydrogens (tertiary/aromatic N) is 5. The van der Waals surface area contributed by atoms with Crippen LogP contribution in [-0.4, -0.2) is 24.5 Å². The Morgan fingerprint density at radius 1 is 0.971 bits per heavy atom. The molecular weight excluding hydrogens is 438 g/mol. The van der Waals surface area contributed by atoms with E-state index in [2.05, 4.69) is 20.3 Å². The third kappa shape index (κ3) is 4.21. The van der Waals surface area contributed by atoms with Gasteiger partial charge in [-0.05, 0) is 62.2 Å². The highest BCUT2D eigenvalue weighted by Crippen LogP contribution is 2.28. The molecular formula is C27H25N7O. The van der Waals surface area contributed by atoms with Crippen molar-refractivity contribution < 1.29 is 0 Å². The average Bonchev–Trinajstić information content (AvgIpc) is 2.86. The van der Waals surface area contributed by atoms with Gasteiger partial charge >= 0.3 is 0 Å². The van der Waals surface area contributed by atoms with E-state index in [1.54, 1.807) is 17.0 Å². The number of para-hydroxylation sites is 1. The Kier molecular flexibility index (Phi) is 5.70. The molecule has 0 radical (unpaired) electrons. The maximum atomic E-state index is 14.1. The molecule has 0 unspecified atom stereocenters. The van der Waals surface area contributed by atoms with Gasteiger partial charge in [-0.2, -0.15) is 4.98 Å². The highest BCUT2D eigenvalue weighted by atomic mass is 16.1. The number of hydrogen-bond donors (Lipinski definition) is 2. The van der Waals surface area contributed by atoms with Gasteiger partial charge in [0.15, 0.2) is 0 Å². The molecule has 0 saturated heterocycles. The molecule has 0 bridgehead atoms. The number of nitrogen functional groups attached to an aromatic ring is 1. The molecule has 8 heteroatoms. The molecule has 8 nitrogen and oxygen atoms in total. The quantitative estimate of drug-likeness (QED) is 0.391. The average molecular weight is 464 g/mol. The zero-order valence-corrected chi connectivity index (χ0v) is 19.7. The lowest BCUT2D eigenvalue weighted by atomic mass is 10.0. The highest BCUT2D eigenvalue weighted by Gasteiger charge is 2.21. The van der Waals surface area contributed by atoms with E-state index in [9.17, 15) is 4.79 Å². The molecule has 0 amide bonds. The minimum Gasteiger partial charge on any atom is -0.368 e. The van der Waals surface area contributed by atoms with Crippen LogP contribution in [-0.2, 0) is 0 Å². The molecule has 0 aliphatic carbocycles. The smallest absolute Gasteiger partial charge is 0.266 e. The third-order valence-corrected chi connectivity index (χ3v) is 5.88. The Morgan fingerprint density at radius 2 is 1.77 bits per heavy atom. The van der Waals surface area contributed by atoms with Crippen molar-refractivity contribution in [3.05, 3.63) is 100 Å². The van der Waals surface area contributed by atoms with Gasteiger partial charge in [-0.25, -0.2) is 9.97 Å². The first kappa shape index (κ1) is 22.2. The van der Waals surface area contributed by atoms with Crippen LogP contribution in [0.25, 0.3) is 27.7 Å². The van der Waals surface area contributed by atoms with Crippen LogP contribution in [0, 0.1) is 13.8 Å². The lowest BCUT2D eigenvalue weighted by Gasteiger charge is -2.21. The number of nitrogens with two attached hydrogens (primary N) is 1. The second-order valence-electron chi connectivity index (χ2n) is 8.46. The van der Waals surface area contributed by atoms with E-state index in [0.29, 0.717) is 22.5 Å². The zero-order valence-electron chi connectivity index (χ0n) is 19.7. The molecule has 5 rings (SSSR count). The molecule has 0 spiro atoms. The molecule has 174 valence electrons. The summed E-state index contributed by atoms with van der Waals surface area (Å²) in [7, 11) is 0. The third-order valence-electron chi connectivity index (χ3n) is 5.88. The number of fused-ring (bicyclic) bond motifs is 1. The topological polar surface area (TPSA) is 112 Å². The number of aromatic nitrogens is 5. The molecule has 0 fully saturated rings. The summed E-state index contributed by atoms with van der Waals surface area (Å²) in [6.45, 7) is 5.78. The highest BCUT2D eigenvalue weighted by molar-refractivity contribution is 5.94. The normalized spacial score (nSPS) is 12.0. The minimum atomic E-state index is -0.355. The summed E-state index contributed by atoms with van der Waals surface area (Å²) in [6.07, 6.45) is 3.42. The number of nitrogens with one attached hydrogen (secondary N) is 1. The second kappa shape index (κ2) is 8.98. The molecule has 0 aliphatic rings. The number of hydrogen-bond acceptors (Lipinski definition) is 7. The fourth-order valence-electron chi connectivity index (χ4n) is 4.19. The van der Waals surface area contributed by atoms with Gasteiger partial charge in [-0.3, -0.25) is 14.3 Å². The molecule has 3 heterocycles. The van der Waals surface area contributed by atoms with Crippen molar-refractivity contribution in [3.8, 4) is 16.8 Å². The monoisotopic (exact) mass is 463 g/mol. The summed E-state index contributed by atoms with van der Waals surface area (Å²) in [4.78, 5) is 31.8. The Hall–Kier alpha value is -4.59. The standard InChI is InChI=1S/C27H25N7O/c1-16-15-30-27(28)33-24(16)31-18(3)25-32-22-11-7-10-21(19-12-13-29-17(2)14-19)23(22)26(35)34(25)20-8-5-4-6-9-20/h4-15,18H,1-3H3,(H3,28,30,31,33)/t18-/m0/s1. The molecule has 2 aromatic carbocycles. The van der Waals surface area contributed by atoms with Gasteiger partial charge in [0, 0.05) is 23.7 Å². The van der Waals surface area contributed by atoms with Crippen LogP contribution in [0.15, 0.2) is 77.9 Å². The van der Waals surface area contributed by atoms with Gasteiger partial charge in [0.25, 0.3) is 5.56 Å². The van der Waals surface area contributed by atoms with Gasteiger partial charge in [-0.15, -0.1) is 0 Å². The Balaban J connectivity index is 1.75. The van der Waals surface area contributed by atoms with Crippen LogP contribution < -0.4 is 16.6 Å². The first-order valence-electron chi connectivity index (χ1n) is 11.3. The summed E-state index contributed by atoms with van der Waals surface area (Å²) in [5.41, 5.74) is 10.5. The SMILES string of the molecule is Cc1cc(-c2cccc3nc([C@H](C)Nc4nc(N)ncc4C)n(-c4ccccc4)c(=O)c23)ccn1. The molecule has 3 aromatic heterocycles. The zero-order chi connectivity index (χ0) is 24.5. The molecule has 0 saturated carbocycles. The van der Waals surface area contributed by atoms with Crippen molar-refractivity contribution in [1.29, 1.82) is 0 Å². The maximum Gasteiger partial charge on any atom is 0.266 e. The lowest BCUT2D eigenvalue weighted by Crippen LogP contribution is -2.28. The summed E-state index contributed by atoms with van der Waals surface area (Å²) >= 11 is 0. The van der Waals surface area contributed by atoms with Gasteiger partial charge in [0.05, 0.1) is 22.6 Å². The lowest BCUT2D eigenvalue weighted by molar-refractivity contribution is 0.730. The summed E-state index contributed by atoms with van der Waals surface area (Å²) < 4.78 is 1.66. The summed E-state index contributed by atoms with van der Waals surface area (Å²) in [5.74, 6) is 1.34. The fraction of sp³-hybridized carbons (Fsp3) is 0.148. The molecule has 0 aliphatic heterocycles. The van der Waals surface area contributed by atoms with Gasteiger partial charge in [0.1, 0.15) is 11.6 Å². The van der Waals surface area contributed by atoms with Crippen molar-refractivity contribution in [2.45, 2.75) is 26.8 Å². The Morgan fingerprint density at radius 3 is 2.54 bits per heavy atom. The number of aryl methyl sites for hydroxylation is 2. The van der Waals surface area contributed by atoms with Crippen LogP contribution in [0.2, 0.25) is 0 Å². The van der Waals surface area contributed by atoms with Crippen molar-refractivity contribution in [1.82, 2.24) is 24.5 Å². The van der Waals surface area contributed by atoms with Crippen LogP contribution in [0.4, 0.5) is 11.8 Å². The first-order valence-corrected chi connectivity index (χ1v) is 11.3. The first-order chi connectivity index (χ1) is 16.9. The Labute approximate surface area is 202 Å². The predicted octanol–water partition coefficient (Wildman–Crippen LogP) is 4.61. The van der Waals surface area contributed by atoms with E-state index in [4.69, 9.17) is 10.7 Å². The predicted molar refractivity (Wildman–Crippen MR) is 139 cm³/mol. The van der Waals surface area contributed by atoms with Crippen LogP contribution in [0.1, 0.15) is 30.0 Å². The number of benzene rings is 2. The van der Waals surface area contributed by atoms with E-state index in [1.165, 1.54) is 0 Å². The molecule has 1 atom stereocenters. The van der Waals surface area contributed by atoms with Crippen LogP contribution in [0.3, 0.4) is 0 Å². The Bertz CT molecular complexity index is 1600. The maximum absolute atomic E-state index is 14.1. The molecule has 3 N–H and O–H groups in total. The van der Waals surface area contributed by atoms with Gasteiger partial charge in [0.2, 0.25) is 5.95 Å². The largest absolute Gasteiger partial charge is 0.368 e. The number of pyridine rings is 1. The minimum absolute atomic E-state index is 0.145. The van der Waals surface area contributed by atoms with Crippen molar-refractivity contribution in [2.75, 3.05) is 11.1 Å². The number of rotatable bonds is 5. The van der Waals surface area contributed by atoms with Gasteiger partial charge < -0.3 is 11.1 Å². The number of anilines is 2. The van der Waals surface area contributed by atoms with Crippen molar-refractivity contribution in [2.24, 2.45) is 0 Å². The molecule has 5 aromatic rings. The second-order valence-corrected chi connectivity index (χ2v) is 8.46.